The van der Waals surface area contributed by atoms with E-state index in [1.165, 1.54) is 0 Å². The van der Waals surface area contributed by atoms with Crippen molar-refractivity contribution in [2.24, 2.45) is 23.7 Å². The molecule has 0 radical (unpaired) electrons. The van der Waals surface area contributed by atoms with Crippen LogP contribution in [-0.4, -0.2) is 12.1 Å². The van der Waals surface area contributed by atoms with Gasteiger partial charge in [-0.1, -0.05) is 57.5 Å². The molecule has 4 atom stereocenters. The van der Waals surface area contributed by atoms with Gasteiger partial charge in [-0.15, -0.1) is 0 Å². The van der Waals surface area contributed by atoms with Crippen molar-refractivity contribution in [1.29, 1.82) is 10.5 Å². The highest BCUT2D eigenvalue weighted by Crippen LogP contribution is 2.39. The molecular weight excluding hydrogens is 324 g/mol. The molecule has 0 aromatic heterocycles. The molecule has 1 aromatic carbocycles. The molecule has 4 nitrogen and oxygen atoms in total. The van der Waals surface area contributed by atoms with Gasteiger partial charge < -0.3 is 4.74 Å². The Bertz CT molecular complexity index is 687. The van der Waals surface area contributed by atoms with Crippen molar-refractivity contribution in [2.45, 2.75) is 58.5 Å². The summed E-state index contributed by atoms with van der Waals surface area (Å²) < 4.78 is 6.00. The number of hydrogen-bond donors (Lipinski definition) is 0. The average Bonchev–Trinajstić information content (AvgIpc) is 2.63. The molecule has 1 fully saturated rings. The van der Waals surface area contributed by atoms with Gasteiger partial charge >= 0.3 is 5.97 Å². The van der Waals surface area contributed by atoms with E-state index < -0.39 is 17.3 Å². The van der Waals surface area contributed by atoms with Crippen molar-refractivity contribution in [1.82, 2.24) is 0 Å². The molecule has 2 rings (SSSR count). The van der Waals surface area contributed by atoms with Gasteiger partial charge in [-0.25, -0.2) is 0 Å². The smallest absolute Gasteiger partial charge is 0.319 e. The lowest BCUT2D eigenvalue weighted by atomic mass is 9.72. The SMILES string of the molecule is CC(C)[C@@H]1CC[C@@H](C)C[C@H]1OC(=O)C(C)(c1ccccc1)C(C#N)C#N. The largest absolute Gasteiger partial charge is 0.461 e. The Balaban J connectivity index is 2.35. The number of nitriles is 2. The van der Waals surface area contributed by atoms with E-state index in [1.807, 2.05) is 30.3 Å². The number of carbonyl (C=O) groups excluding carboxylic acids is 1. The van der Waals surface area contributed by atoms with E-state index in [9.17, 15) is 15.3 Å². The Hall–Kier alpha value is -2.33. The Kier molecular flexibility index (Phi) is 6.43. The standard InChI is InChI=1S/C22H28N2O2/c1-15(2)19-11-10-16(3)12-20(19)26-21(25)22(4,18(13-23)14-24)17-8-6-5-7-9-17/h5-9,15-16,18-20H,10-12H2,1-4H3/t16-,19+,20-,22?/m1/s1. The van der Waals surface area contributed by atoms with Gasteiger partial charge in [0.05, 0.1) is 12.1 Å². The molecule has 1 unspecified atom stereocenters. The summed E-state index contributed by atoms with van der Waals surface area (Å²) in [7, 11) is 0. The number of benzene rings is 1. The van der Waals surface area contributed by atoms with Gasteiger partial charge in [-0.2, -0.15) is 10.5 Å². The molecule has 0 spiro atoms. The van der Waals surface area contributed by atoms with Gasteiger partial charge in [-0.05, 0) is 43.1 Å². The summed E-state index contributed by atoms with van der Waals surface area (Å²) in [5, 5.41) is 19.0. The molecule has 0 saturated heterocycles. The molecule has 1 aliphatic carbocycles. The summed E-state index contributed by atoms with van der Waals surface area (Å²) in [5.41, 5.74) is -0.657. The quantitative estimate of drug-likeness (QED) is 0.725. The van der Waals surface area contributed by atoms with E-state index in [2.05, 4.69) is 20.8 Å². The first-order chi connectivity index (χ1) is 12.3. The lowest BCUT2D eigenvalue weighted by Crippen LogP contribution is -2.45. The minimum Gasteiger partial charge on any atom is -0.461 e. The zero-order valence-electron chi connectivity index (χ0n) is 16.1. The molecular formula is C22H28N2O2. The highest BCUT2D eigenvalue weighted by atomic mass is 16.5. The van der Waals surface area contributed by atoms with E-state index in [0.29, 0.717) is 23.3 Å². The Morgan fingerprint density at radius 2 is 1.81 bits per heavy atom. The summed E-state index contributed by atoms with van der Waals surface area (Å²) >= 11 is 0. The maximum Gasteiger partial charge on any atom is 0.319 e. The molecule has 0 bridgehead atoms. The molecule has 26 heavy (non-hydrogen) atoms. The van der Waals surface area contributed by atoms with E-state index >= 15 is 0 Å². The molecule has 138 valence electrons. The third kappa shape index (κ3) is 3.91. The number of carbonyl (C=O) groups is 1. The van der Waals surface area contributed by atoms with Crippen molar-refractivity contribution >= 4 is 5.97 Å². The fraction of sp³-hybridized carbons (Fsp3) is 0.591. The minimum absolute atomic E-state index is 0.160. The van der Waals surface area contributed by atoms with Crippen molar-refractivity contribution in [2.75, 3.05) is 0 Å². The van der Waals surface area contributed by atoms with Crippen LogP contribution in [0, 0.1) is 46.3 Å². The molecule has 1 aliphatic rings. The number of ether oxygens (including phenoxy) is 1. The van der Waals surface area contributed by atoms with Crippen molar-refractivity contribution in [3.63, 3.8) is 0 Å². The van der Waals surface area contributed by atoms with E-state index in [1.54, 1.807) is 19.1 Å². The molecule has 4 heteroatoms. The van der Waals surface area contributed by atoms with Crippen LogP contribution in [0.25, 0.3) is 0 Å². The maximum atomic E-state index is 13.2. The monoisotopic (exact) mass is 352 g/mol. The second kappa shape index (κ2) is 8.37. The van der Waals surface area contributed by atoms with Crippen LogP contribution in [0.2, 0.25) is 0 Å². The number of esters is 1. The molecule has 1 aromatic rings. The van der Waals surface area contributed by atoms with Gasteiger partial charge in [0, 0.05) is 0 Å². The normalized spacial score (nSPS) is 25.2. The van der Waals surface area contributed by atoms with Crippen LogP contribution in [-0.2, 0) is 14.9 Å². The minimum atomic E-state index is -1.30. The number of nitrogens with zero attached hydrogens (tertiary/aromatic N) is 2. The van der Waals surface area contributed by atoms with Crippen LogP contribution in [0.5, 0.6) is 0 Å². The second-order valence-corrected chi connectivity index (χ2v) is 8.03. The lowest BCUT2D eigenvalue weighted by molar-refractivity contribution is -0.163. The highest BCUT2D eigenvalue weighted by molar-refractivity contribution is 5.84. The van der Waals surface area contributed by atoms with E-state index in [-0.39, 0.29) is 6.10 Å². The summed E-state index contributed by atoms with van der Waals surface area (Å²) in [6.07, 6.45) is 2.86. The second-order valence-electron chi connectivity index (χ2n) is 8.03. The van der Waals surface area contributed by atoms with Crippen LogP contribution in [0.1, 0.15) is 52.5 Å². The summed E-state index contributed by atoms with van der Waals surface area (Å²) in [6, 6.07) is 13.0. The Labute approximate surface area is 156 Å². The summed E-state index contributed by atoms with van der Waals surface area (Å²) in [4.78, 5) is 13.2. The Morgan fingerprint density at radius 1 is 1.19 bits per heavy atom. The summed E-state index contributed by atoms with van der Waals surface area (Å²) in [6.45, 7) is 8.15. The van der Waals surface area contributed by atoms with Gasteiger partial charge in [0.2, 0.25) is 0 Å². The van der Waals surface area contributed by atoms with Gasteiger partial charge in [0.15, 0.2) is 5.92 Å². The van der Waals surface area contributed by atoms with Crippen LogP contribution in [0.3, 0.4) is 0 Å². The average molecular weight is 352 g/mol. The van der Waals surface area contributed by atoms with Gasteiger partial charge in [-0.3, -0.25) is 4.79 Å². The number of hydrogen-bond acceptors (Lipinski definition) is 4. The van der Waals surface area contributed by atoms with Crippen LogP contribution in [0.15, 0.2) is 30.3 Å². The Morgan fingerprint density at radius 3 is 2.35 bits per heavy atom. The molecule has 1 saturated carbocycles. The first-order valence-corrected chi connectivity index (χ1v) is 9.40. The highest BCUT2D eigenvalue weighted by Gasteiger charge is 2.47. The van der Waals surface area contributed by atoms with Crippen LogP contribution in [0.4, 0.5) is 0 Å². The van der Waals surface area contributed by atoms with Crippen molar-refractivity contribution in [3.05, 3.63) is 35.9 Å². The first kappa shape index (κ1) is 20.0. The zero-order valence-corrected chi connectivity index (χ0v) is 16.1. The van der Waals surface area contributed by atoms with E-state index in [4.69, 9.17) is 4.74 Å². The van der Waals surface area contributed by atoms with E-state index in [0.717, 1.165) is 19.3 Å². The fourth-order valence-corrected chi connectivity index (χ4v) is 3.98. The first-order valence-electron chi connectivity index (χ1n) is 9.40. The molecule has 0 aliphatic heterocycles. The van der Waals surface area contributed by atoms with Gasteiger partial charge in [0.25, 0.3) is 0 Å². The third-order valence-corrected chi connectivity index (χ3v) is 5.85. The number of rotatable bonds is 5. The zero-order chi connectivity index (χ0) is 19.3. The van der Waals surface area contributed by atoms with Crippen molar-refractivity contribution in [3.8, 4) is 12.1 Å². The lowest BCUT2D eigenvalue weighted by Gasteiger charge is -2.39. The predicted octanol–water partition coefficient (Wildman–Crippen LogP) is 4.61. The maximum absolute atomic E-state index is 13.2. The van der Waals surface area contributed by atoms with Gasteiger partial charge in [0.1, 0.15) is 11.5 Å². The summed E-state index contributed by atoms with van der Waals surface area (Å²) in [5.74, 6) is -0.324. The van der Waals surface area contributed by atoms with Crippen LogP contribution < -0.4 is 0 Å². The molecule has 0 amide bonds. The van der Waals surface area contributed by atoms with Crippen LogP contribution >= 0.6 is 0 Å². The molecule has 0 N–H and O–H groups in total. The fourth-order valence-electron chi connectivity index (χ4n) is 3.98. The topological polar surface area (TPSA) is 73.9 Å². The predicted molar refractivity (Wildman–Crippen MR) is 99.7 cm³/mol. The molecule has 0 heterocycles. The van der Waals surface area contributed by atoms with Crippen molar-refractivity contribution < 1.29 is 9.53 Å². The third-order valence-electron chi connectivity index (χ3n) is 5.85.